The van der Waals surface area contributed by atoms with Gasteiger partial charge >= 0.3 is 5.97 Å². The number of hydrogen-bond donors (Lipinski definition) is 6. The van der Waals surface area contributed by atoms with Crippen LogP contribution in [0.15, 0.2) is 41.3 Å². The summed E-state index contributed by atoms with van der Waals surface area (Å²) in [5.74, 6) is -1.43. The first-order valence-corrected chi connectivity index (χ1v) is 12.8. The standard InChI is InChI=1S/C27H35N7O5/c1-4-27(2,3)26(39)29-12-6-5-7-19(25(37)38)33-23(35)16-8-10-17(11-9-16)30-14-18-15-31-20-13-21(28)34-24(36)22(20)32-18/h8-11,13,15,19,30H,4-7,12,14H2,1-3H3,(H,29,39)(H,33,35)(H,37,38)(H3,28,34,36)/t19-/m0/s1. The van der Waals surface area contributed by atoms with Crippen LogP contribution in [0.3, 0.4) is 0 Å². The van der Waals surface area contributed by atoms with Crippen molar-refractivity contribution in [1.29, 1.82) is 0 Å². The van der Waals surface area contributed by atoms with E-state index in [4.69, 9.17) is 5.73 Å². The molecule has 0 unspecified atom stereocenters. The first-order valence-electron chi connectivity index (χ1n) is 12.8. The summed E-state index contributed by atoms with van der Waals surface area (Å²) in [6.07, 6.45) is 3.65. The van der Waals surface area contributed by atoms with E-state index in [1.54, 1.807) is 30.5 Å². The molecule has 2 amide bonds. The fraction of sp³-hybridized carbons (Fsp3) is 0.407. The average Bonchev–Trinajstić information content (AvgIpc) is 2.91. The van der Waals surface area contributed by atoms with Crippen molar-refractivity contribution in [3.05, 3.63) is 58.1 Å². The lowest BCUT2D eigenvalue weighted by Gasteiger charge is -2.21. The molecule has 3 rings (SSSR count). The van der Waals surface area contributed by atoms with E-state index in [1.165, 1.54) is 6.07 Å². The Morgan fingerprint density at radius 2 is 1.87 bits per heavy atom. The fourth-order valence-corrected chi connectivity index (χ4v) is 3.67. The Hall–Kier alpha value is -4.48. The van der Waals surface area contributed by atoms with Gasteiger partial charge in [0, 0.05) is 29.3 Å². The predicted molar refractivity (Wildman–Crippen MR) is 148 cm³/mol. The fourth-order valence-electron chi connectivity index (χ4n) is 3.67. The molecule has 0 aliphatic rings. The van der Waals surface area contributed by atoms with Crippen LogP contribution in [-0.4, -0.2) is 50.4 Å². The second kappa shape index (κ2) is 12.9. The molecule has 12 nitrogen and oxygen atoms in total. The topological polar surface area (TPSA) is 192 Å². The van der Waals surface area contributed by atoms with Crippen molar-refractivity contribution in [1.82, 2.24) is 25.6 Å². The number of unbranched alkanes of at least 4 members (excludes halogenated alkanes) is 1. The number of carbonyl (C=O) groups is 3. The van der Waals surface area contributed by atoms with E-state index in [1.807, 2.05) is 20.8 Å². The SMILES string of the molecule is CCC(C)(C)C(=O)NCCCC[C@H](NC(=O)c1ccc(NCc2cnc3cc(N)[nH]c(=O)c3n2)cc1)C(=O)O. The van der Waals surface area contributed by atoms with Crippen molar-refractivity contribution in [2.45, 2.75) is 59.0 Å². The Morgan fingerprint density at radius 1 is 1.15 bits per heavy atom. The van der Waals surface area contributed by atoms with Gasteiger partial charge in [0.15, 0.2) is 5.52 Å². The zero-order valence-corrected chi connectivity index (χ0v) is 22.3. The number of nitrogens with zero attached hydrogens (tertiary/aromatic N) is 2. The maximum absolute atomic E-state index is 12.6. The van der Waals surface area contributed by atoms with Crippen LogP contribution < -0.4 is 27.2 Å². The number of hydrogen-bond acceptors (Lipinski definition) is 8. The Morgan fingerprint density at radius 3 is 2.54 bits per heavy atom. The van der Waals surface area contributed by atoms with E-state index >= 15 is 0 Å². The van der Waals surface area contributed by atoms with Gasteiger partial charge in [-0.1, -0.05) is 20.8 Å². The third kappa shape index (κ3) is 8.00. The number of carboxylic acids is 1. The van der Waals surface area contributed by atoms with Gasteiger partial charge in [0.25, 0.3) is 11.5 Å². The van der Waals surface area contributed by atoms with Crippen molar-refractivity contribution >= 4 is 40.3 Å². The molecule has 0 bridgehead atoms. The zero-order valence-electron chi connectivity index (χ0n) is 22.3. The highest BCUT2D eigenvalue weighted by Gasteiger charge is 2.25. The van der Waals surface area contributed by atoms with Crippen LogP contribution in [-0.2, 0) is 16.1 Å². The largest absolute Gasteiger partial charge is 0.480 e. The van der Waals surface area contributed by atoms with Crippen LogP contribution in [0.25, 0.3) is 11.0 Å². The van der Waals surface area contributed by atoms with Crippen molar-refractivity contribution < 1.29 is 19.5 Å². The number of benzene rings is 1. The molecule has 12 heteroatoms. The van der Waals surface area contributed by atoms with Crippen molar-refractivity contribution in [3.63, 3.8) is 0 Å². The van der Waals surface area contributed by atoms with Gasteiger partial charge in [-0.25, -0.2) is 9.78 Å². The molecule has 0 saturated heterocycles. The van der Waals surface area contributed by atoms with E-state index in [0.717, 1.165) is 6.42 Å². The van der Waals surface area contributed by atoms with Crippen LogP contribution in [0.1, 0.15) is 62.5 Å². The maximum atomic E-state index is 12.6. The summed E-state index contributed by atoms with van der Waals surface area (Å²) in [4.78, 5) is 59.5. The van der Waals surface area contributed by atoms with Crippen molar-refractivity contribution in [2.24, 2.45) is 5.41 Å². The third-order valence-electron chi connectivity index (χ3n) is 6.54. The summed E-state index contributed by atoms with van der Waals surface area (Å²) >= 11 is 0. The molecule has 1 atom stereocenters. The molecule has 39 heavy (non-hydrogen) atoms. The number of rotatable bonds is 13. The summed E-state index contributed by atoms with van der Waals surface area (Å²) < 4.78 is 0. The van der Waals surface area contributed by atoms with Crippen LogP contribution in [0.4, 0.5) is 11.5 Å². The summed E-state index contributed by atoms with van der Waals surface area (Å²) in [5, 5.41) is 18.1. The molecule has 208 valence electrons. The molecule has 0 radical (unpaired) electrons. The maximum Gasteiger partial charge on any atom is 0.326 e. The number of pyridine rings is 1. The highest BCUT2D eigenvalue weighted by Crippen LogP contribution is 2.19. The molecule has 0 spiro atoms. The molecule has 0 saturated carbocycles. The first kappa shape index (κ1) is 29.1. The minimum Gasteiger partial charge on any atom is -0.480 e. The normalized spacial score (nSPS) is 12.1. The van der Waals surface area contributed by atoms with Gasteiger partial charge in [-0.2, -0.15) is 0 Å². The third-order valence-corrected chi connectivity index (χ3v) is 6.54. The molecular formula is C27H35N7O5. The quantitative estimate of drug-likeness (QED) is 0.178. The second-order valence-electron chi connectivity index (χ2n) is 9.93. The van der Waals surface area contributed by atoms with Gasteiger partial charge < -0.3 is 31.8 Å². The van der Waals surface area contributed by atoms with Crippen molar-refractivity contribution in [3.8, 4) is 0 Å². The number of nitrogens with two attached hydrogens (primary N) is 1. The Balaban J connectivity index is 1.49. The van der Waals surface area contributed by atoms with Gasteiger partial charge in [-0.05, 0) is 49.9 Å². The number of carbonyl (C=O) groups excluding carboxylic acids is 2. The van der Waals surface area contributed by atoms with Crippen LogP contribution in [0.2, 0.25) is 0 Å². The first-order chi connectivity index (χ1) is 18.5. The lowest BCUT2D eigenvalue weighted by Crippen LogP contribution is -2.41. The van der Waals surface area contributed by atoms with Gasteiger partial charge in [0.05, 0.1) is 24.0 Å². The smallest absolute Gasteiger partial charge is 0.326 e. The molecule has 2 heterocycles. The number of aromatic amines is 1. The average molecular weight is 538 g/mol. The Labute approximate surface area is 225 Å². The lowest BCUT2D eigenvalue weighted by molar-refractivity contribution is -0.139. The number of nitrogen functional groups attached to an aromatic ring is 1. The number of carboxylic acid groups (broad SMARTS) is 1. The highest BCUT2D eigenvalue weighted by atomic mass is 16.4. The molecule has 2 aromatic heterocycles. The molecule has 3 aromatic rings. The Kier molecular flexibility index (Phi) is 9.58. The predicted octanol–water partition coefficient (Wildman–Crippen LogP) is 2.42. The van der Waals surface area contributed by atoms with Gasteiger partial charge in [0.1, 0.15) is 11.9 Å². The molecule has 0 fully saturated rings. The van der Waals surface area contributed by atoms with E-state index < -0.39 is 28.9 Å². The van der Waals surface area contributed by atoms with E-state index in [0.29, 0.717) is 41.8 Å². The van der Waals surface area contributed by atoms with Gasteiger partial charge in [-0.15, -0.1) is 0 Å². The number of nitrogens with one attached hydrogen (secondary N) is 4. The molecule has 7 N–H and O–H groups in total. The van der Waals surface area contributed by atoms with Crippen LogP contribution in [0, 0.1) is 5.41 Å². The summed E-state index contributed by atoms with van der Waals surface area (Å²) in [6.45, 7) is 6.44. The lowest BCUT2D eigenvalue weighted by atomic mass is 9.89. The molecule has 0 aliphatic carbocycles. The minimum atomic E-state index is -1.11. The Bertz CT molecular complexity index is 1390. The number of fused-ring (bicyclic) bond motifs is 1. The van der Waals surface area contributed by atoms with Gasteiger partial charge in [0.2, 0.25) is 5.91 Å². The van der Waals surface area contributed by atoms with E-state index in [-0.39, 0.29) is 30.2 Å². The zero-order chi connectivity index (χ0) is 28.6. The molecular weight excluding hydrogens is 502 g/mol. The van der Waals surface area contributed by atoms with E-state index in [9.17, 15) is 24.3 Å². The van der Waals surface area contributed by atoms with Crippen LogP contribution >= 0.6 is 0 Å². The highest BCUT2D eigenvalue weighted by molar-refractivity contribution is 5.96. The molecule has 1 aromatic carbocycles. The van der Waals surface area contributed by atoms with Crippen molar-refractivity contribution in [2.75, 3.05) is 17.6 Å². The number of aliphatic carboxylic acids is 1. The summed E-state index contributed by atoms with van der Waals surface area (Å²) in [5.41, 5.74) is 6.90. The second-order valence-corrected chi connectivity index (χ2v) is 9.93. The minimum absolute atomic E-state index is 0.0305. The summed E-state index contributed by atoms with van der Waals surface area (Å²) in [6, 6.07) is 7.04. The number of H-pyrrole nitrogens is 1. The molecule has 0 aliphatic heterocycles. The monoisotopic (exact) mass is 537 g/mol. The summed E-state index contributed by atoms with van der Waals surface area (Å²) in [7, 11) is 0. The number of amides is 2. The van der Waals surface area contributed by atoms with E-state index in [2.05, 4.69) is 30.9 Å². The number of anilines is 2. The number of aromatic nitrogens is 3. The van der Waals surface area contributed by atoms with Gasteiger partial charge in [-0.3, -0.25) is 19.4 Å². The van der Waals surface area contributed by atoms with Crippen LogP contribution in [0.5, 0.6) is 0 Å².